The van der Waals surface area contributed by atoms with Crippen molar-refractivity contribution in [2.45, 2.75) is 19.9 Å². The number of carbonyl (C=O) groups excluding carboxylic acids is 1. The van der Waals surface area contributed by atoms with E-state index < -0.39 is 18.0 Å². The van der Waals surface area contributed by atoms with Gasteiger partial charge >= 0.3 is 11.9 Å². The van der Waals surface area contributed by atoms with E-state index >= 15 is 0 Å². The molecule has 0 heterocycles. The van der Waals surface area contributed by atoms with Gasteiger partial charge in [-0.25, -0.2) is 0 Å². The van der Waals surface area contributed by atoms with Crippen molar-refractivity contribution in [3.8, 4) is 0 Å². The van der Waals surface area contributed by atoms with Gasteiger partial charge in [-0.3, -0.25) is 14.9 Å². The van der Waals surface area contributed by atoms with Crippen molar-refractivity contribution in [1.29, 1.82) is 0 Å². The molecule has 5 nitrogen and oxygen atoms in total. The Balaban J connectivity index is 3.97. The molecule has 0 spiro atoms. The summed E-state index contributed by atoms with van der Waals surface area (Å²) in [6.07, 6.45) is 0. The fraction of sp³-hybridized carbons (Fsp3) is 0.750. The third-order valence-electron chi connectivity index (χ3n) is 1.63. The molecule has 0 rings (SSSR count). The summed E-state index contributed by atoms with van der Waals surface area (Å²) >= 11 is 0. The van der Waals surface area contributed by atoms with Crippen LogP contribution in [0.25, 0.3) is 0 Å². The van der Waals surface area contributed by atoms with Gasteiger partial charge in [-0.1, -0.05) is 13.8 Å². The zero-order valence-electron chi connectivity index (χ0n) is 8.03. The molecule has 0 aromatic rings. The second kappa shape index (κ2) is 5.53. The summed E-state index contributed by atoms with van der Waals surface area (Å²) in [4.78, 5) is 21.3. The molecule has 0 bridgehead atoms. The van der Waals surface area contributed by atoms with E-state index in [0.29, 0.717) is 0 Å². The first kappa shape index (κ1) is 11.9. The van der Waals surface area contributed by atoms with E-state index in [4.69, 9.17) is 5.11 Å². The van der Waals surface area contributed by atoms with Gasteiger partial charge in [-0.05, 0) is 5.92 Å². The predicted molar refractivity (Wildman–Crippen MR) is 46.3 cm³/mol. The van der Waals surface area contributed by atoms with E-state index in [0.717, 1.165) is 0 Å². The quantitative estimate of drug-likeness (QED) is 0.589. The summed E-state index contributed by atoms with van der Waals surface area (Å²) in [6.45, 7) is 3.46. The molecule has 1 atom stereocenters. The molecule has 0 saturated carbocycles. The molecule has 1 unspecified atom stereocenters. The van der Waals surface area contributed by atoms with Gasteiger partial charge in [0.1, 0.15) is 6.04 Å². The van der Waals surface area contributed by atoms with E-state index in [-0.39, 0.29) is 12.5 Å². The number of esters is 1. The summed E-state index contributed by atoms with van der Waals surface area (Å²) in [7, 11) is 1.26. The minimum absolute atomic E-state index is 0.0674. The average molecular weight is 189 g/mol. The molecule has 0 aliphatic rings. The minimum Gasteiger partial charge on any atom is -0.480 e. The molecule has 0 radical (unpaired) electrons. The van der Waals surface area contributed by atoms with E-state index in [1.165, 1.54) is 7.11 Å². The van der Waals surface area contributed by atoms with Gasteiger partial charge in [0.25, 0.3) is 0 Å². The largest absolute Gasteiger partial charge is 0.480 e. The van der Waals surface area contributed by atoms with Crippen LogP contribution in [0.3, 0.4) is 0 Å². The number of methoxy groups -OCH3 is 1. The van der Waals surface area contributed by atoms with Gasteiger partial charge in [0.2, 0.25) is 0 Å². The summed E-state index contributed by atoms with van der Waals surface area (Å²) in [5, 5.41) is 11.3. The van der Waals surface area contributed by atoms with Crippen LogP contribution in [0.4, 0.5) is 0 Å². The molecule has 0 aromatic heterocycles. The number of hydrogen-bond acceptors (Lipinski definition) is 4. The Hall–Kier alpha value is -1.10. The van der Waals surface area contributed by atoms with E-state index in [1.807, 2.05) is 0 Å². The predicted octanol–water partition coefficient (Wildman–Crippen LogP) is -0.142. The zero-order valence-corrected chi connectivity index (χ0v) is 8.03. The third kappa shape index (κ3) is 4.47. The highest BCUT2D eigenvalue weighted by atomic mass is 16.5. The first-order valence-electron chi connectivity index (χ1n) is 4.02. The Kier molecular flexibility index (Phi) is 5.06. The molecular weight excluding hydrogens is 174 g/mol. The maximum absolute atomic E-state index is 10.7. The van der Waals surface area contributed by atoms with Crippen molar-refractivity contribution in [3.63, 3.8) is 0 Å². The number of carboxylic acid groups (broad SMARTS) is 1. The Morgan fingerprint density at radius 2 is 2.00 bits per heavy atom. The summed E-state index contributed by atoms with van der Waals surface area (Å²) in [5.41, 5.74) is 0. The Morgan fingerprint density at radius 3 is 2.31 bits per heavy atom. The average Bonchev–Trinajstić information content (AvgIpc) is 2.03. The van der Waals surface area contributed by atoms with Crippen molar-refractivity contribution in [2.24, 2.45) is 5.92 Å². The van der Waals surface area contributed by atoms with Crippen LogP contribution >= 0.6 is 0 Å². The molecule has 0 fully saturated rings. The van der Waals surface area contributed by atoms with Crippen LogP contribution in [0.1, 0.15) is 13.8 Å². The standard InChI is InChI=1S/C8H15NO4/c1-5(2)7(8(11)12)9-4-6(10)13-3/h5,7,9H,4H2,1-3H3,(H,11,12). The second-order valence-electron chi connectivity index (χ2n) is 3.02. The second-order valence-corrected chi connectivity index (χ2v) is 3.02. The topological polar surface area (TPSA) is 75.6 Å². The van der Waals surface area contributed by atoms with Crippen LogP contribution in [-0.4, -0.2) is 36.7 Å². The van der Waals surface area contributed by atoms with Gasteiger partial charge in [-0.2, -0.15) is 0 Å². The highest BCUT2D eigenvalue weighted by molar-refractivity contribution is 5.76. The molecule has 0 amide bonds. The SMILES string of the molecule is COC(=O)CNC(C(=O)O)C(C)C. The molecule has 0 aliphatic heterocycles. The molecule has 13 heavy (non-hydrogen) atoms. The van der Waals surface area contributed by atoms with E-state index in [9.17, 15) is 9.59 Å². The number of ether oxygens (including phenoxy) is 1. The number of hydrogen-bond donors (Lipinski definition) is 2. The van der Waals surface area contributed by atoms with Crippen molar-refractivity contribution >= 4 is 11.9 Å². The fourth-order valence-electron chi connectivity index (χ4n) is 0.874. The van der Waals surface area contributed by atoms with Crippen molar-refractivity contribution in [3.05, 3.63) is 0 Å². The smallest absolute Gasteiger partial charge is 0.320 e. The first-order chi connectivity index (χ1) is 5.99. The molecule has 0 saturated heterocycles. The number of carboxylic acids is 1. The molecule has 0 aromatic carbocycles. The molecule has 5 heteroatoms. The van der Waals surface area contributed by atoms with Crippen molar-refractivity contribution in [2.75, 3.05) is 13.7 Å². The first-order valence-corrected chi connectivity index (χ1v) is 4.02. The normalized spacial score (nSPS) is 12.6. The molecular formula is C8H15NO4. The van der Waals surface area contributed by atoms with E-state index in [2.05, 4.69) is 10.1 Å². The lowest BCUT2D eigenvalue weighted by atomic mass is 10.1. The maximum Gasteiger partial charge on any atom is 0.320 e. The molecule has 76 valence electrons. The lowest BCUT2D eigenvalue weighted by Gasteiger charge is -2.16. The molecule has 0 aliphatic carbocycles. The third-order valence-corrected chi connectivity index (χ3v) is 1.63. The van der Waals surface area contributed by atoms with Crippen LogP contribution in [0.5, 0.6) is 0 Å². The summed E-state index contributed by atoms with van der Waals surface area (Å²) in [5.74, 6) is -1.49. The van der Waals surface area contributed by atoms with Crippen LogP contribution in [0, 0.1) is 5.92 Å². The van der Waals surface area contributed by atoms with E-state index in [1.54, 1.807) is 13.8 Å². The number of nitrogens with one attached hydrogen (secondary N) is 1. The van der Waals surface area contributed by atoms with Gasteiger partial charge in [-0.15, -0.1) is 0 Å². The van der Waals surface area contributed by atoms with Crippen LogP contribution < -0.4 is 5.32 Å². The zero-order chi connectivity index (χ0) is 10.4. The Labute approximate surface area is 77.1 Å². The number of rotatable bonds is 5. The minimum atomic E-state index is -0.959. The van der Waals surface area contributed by atoms with Gasteiger partial charge < -0.3 is 9.84 Å². The van der Waals surface area contributed by atoms with Crippen molar-refractivity contribution < 1.29 is 19.4 Å². The lowest BCUT2D eigenvalue weighted by Crippen LogP contribution is -2.43. The lowest BCUT2D eigenvalue weighted by molar-refractivity contribution is -0.142. The Bertz CT molecular complexity index is 191. The maximum atomic E-state index is 10.7. The van der Waals surface area contributed by atoms with Gasteiger partial charge in [0, 0.05) is 0 Å². The highest BCUT2D eigenvalue weighted by Crippen LogP contribution is 2.00. The Morgan fingerprint density at radius 1 is 1.46 bits per heavy atom. The summed E-state index contributed by atoms with van der Waals surface area (Å²) in [6, 6.07) is -0.709. The van der Waals surface area contributed by atoms with Crippen molar-refractivity contribution in [1.82, 2.24) is 5.32 Å². The molecule has 2 N–H and O–H groups in total. The monoisotopic (exact) mass is 189 g/mol. The van der Waals surface area contributed by atoms with Gasteiger partial charge in [0.15, 0.2) is 0 Å². The highest BCUT2D eigenvalue weighted by Gasteiger charge is 2.21. The number of carbonyl (C=O) groups is 2. The van der Waals surface area contributed by atoms with Crippen LogP contribution in [0.2, 0.25) is 0 Å². The van der Waals surface area contributed by atoms with Crippen LogP contribution in [-0.2, 0) is 14.3 Å². The van der Waals surface area contributed by atoms with Crippen LogP contribution in [0.15, 0.2) is 0 Å². The van der Waals surface area contributed by atoms with Gasteiger partial charge in [0.05, 0.1) is 13.7 Å². The summed E-state index contributed by atoms with van der Waals surface area (Å²) < 4.78 is 4.37. The fourth-order valence-corrected chi connectivity index (χ4v) is 0.874. The number of aliphatic carboxylic acids is 1.